The number of hydrogen-bond donors (Lipinski definition) is 3. The summed E-state index contributed by atoms with van der Waals surface area (Å²) in [6.45, 7) is 6.62. The van der Waals surface area contributed by atoms with E-state index < -0.39 is 0 Å². The van der Waals surface area contributed by atoms with Crippen molar-refractivity contribution in [3.05, 3.63) is 48.8 Å². The Kier molecular flexibility index (Phi) is 12.0. The Hall–Kier alpha value is -3.27. The molecular weight excluding hydrogens is 462 g/mol. The number of nitrogens with zero attached hydrogens (tertiary/aromatic N) is 4. The van der Waals surface area contributed by atoms with Crippen molar-refractivity contribution < 1.29 is 24.6 Å². The molecule has 0 spiro atoms. The molecule has 2 aromatic heterocycles. The minimum absolute atomic E-state index is 0.244. The normalized spacial score (nSPS) is 22.2. The average molecular weight is 502 g/mol. The standard InChI is InChI=1S/C24H35N5O.2CH2O2/c1-19(2)8-10-24(23(30)27-12-9-20-5-3-4-11-26-20)17-21-6-7-22(24)29(21)16-15-28-14-13-25-18-28;2*2-1-3/h3-5,11,13-14,18-19,21-22H,6-10,12,15-17H2,1-2H3,(H,27,30);2*1H,(H,2,3)/t21-,22+,24+;;/m1../s1. The fraction of sp³-hybridized carbons (Fsp3) is 0.577. The predicted octanol–water partition coefficient (Wildman–Crippen LogP) is 2.70. The van der Waals surface area contributed by atoms with Gasteiger partial charge in [0.05, 0.1) is 11.7 Å². The highest BCUT2D eigenvalue weighted by Gasteiger charge is 2.58. The first kappa shape index (κ1) is 29.0. The molecule has 0 saturated carbocycles. The molecule has 1 amide bonds. The molecule has 0 aliphatic carbocycles. The van der Waals surface area contributed by atoms with Crippen LogP contribution in [0, 0.1) is 11.3 Å². The van der Waals surface area contributed by atoms with E-state index >= 15 is 0 Å². The van der Waals surface area contributed by atoms with Crippen LogP contribution in [0.25, 0.3) is 0 Å². The number of carbonyl (C=O) groups excluding carboxylic acids is 1. The molecule has 4 heterocycles. The third-order valence-electron chi connectivity index (χ3n) is 7.07. The van der Waals surface area contributed by atoms with Gasteiger partial charge in [0.15, 0.2) is 0 Å². The zero-order chi connectivity index (χ0) is 26.4. The summed E-state index contributed by atoms with van der Waals surface area (Å²) in [7, 11) is 0. The number of carbonyl (C=O) groups is 3. The Labute approximate surface area is 212 Å². The van der Waals surface area contributed by atoms with Crippen LogP contribution in [0.3, 0.4) is 0 Å². The number of carboxylic acid groups (broad SMARTS) is 2. The molecule has 10 nitrogen and oxygen atoms in total. The van der Waals surface area contributed by atoms with Gasteiger partial charge in [-0.3, -0.25) is 24.3 Å². The zero-order valence-electron chi connectivity index (χ0n) is 21.2. The van der Waals surface area contributed by atoms with Gasteiger partial charge < -0.3 is 20.1 Å². The van der Waals surface area contributed by atoms with E-state index in [1.165, 1.54) is 6.42 Å². The highest BCUT2D eigenvalue weighted by atomic mass is 16.3. The number of aromatic nitrogens is 3. The maximum atomic E-state index is 13.6. The van der Waals surface area contributed by atoms with E-state index in [0.29, 0.717) is 24.5 Å². The van der Waals surface area contributed by atoms with Crippen molar-refractivity contribution in [3.8, 4) is 0 Å². The minimum atomic E-state index is -0.250. The Morgan fingerprint density at radius 1 is 1.19 bits per heavy atom. The van der Waals surface area contributed by atoms with Gasteiger partial charge in [-0.25, -0.2) is 4.98 Å². The number of pyridine rings is 1. The smallest absolute Gasteiger partial charge is 0.290 e. The maximum absolute atomic E-state index is 13.6. The first-order valence-corrected chi connectivity index (χ1v) is 12.5. The van der Waals surface area contributed by atoms with Gasteiger partial charge in [-0.2, -0.15) is 0 Å². The SMILES string of the molecule is CC(C)CC[C@]1(C(=O)NCCc2ccccn2)C[C@H]2CC[C@@H]1N2CCn1ccnc1.O=CO.O=CO. The summed E-state index contributed by atoms with van der Waals surface area (Å²) in [5.41, 5.74) is 0.788. The second kappa shape index (κ2) is 15.0. The Morgan fingerprint density at radius 3 is 2.56 bits per heavy atom. The van der Waals surface area contributed by atoms with Crippen LogP contribution in [0.15, 0.2) is 43.1 Å². The number of amides is 1. The third-order valence-corrected chi connectivity index (χ3v) is 7.07. The Balaban J connectivity index is 0.000000693. The molecular formula is C26H39N5O5. The van der Waals surface area contributed by atoms with Crippen molar-refractivity contribution in [3.63, 3.8) is 0 Å². The molecule has 36 heavy (non-hydrogen) atoms. The molecule has 0 unspecified atom stereocenters. The molecule has 198 valence electrons. The number of rotatable bonds is 10. The van der Waals surface area contributed by atoms with Crippen LogP contribution < -0.4 is 5.32 Å². The Bertz CT molecular complexity index is 903. The van der Waals surface area contributed by atoms with Gasteiger partial charge >= 0.3 is 0 Å². The summed E-state index contributed by atoms with van der Waals surface area (Å²) < 4.78 is 2.14. The van der Waals surface area contributed by atoms with Crippen LogP contribution in [0.4, 0.5) is 0 Å². The quantitative estimate of drug-likeness (QED) is 0.423. The lowest BCUT2D eigenvalue weighted by Crippen LogP contribution is -2.50. The molecule has 2 aromatic rings. The van der Waals surface area contributed by atoms with E-state index in [2.05, 4.69) is 38.6 Å². The van der Waals surface area contributed by atoms with Crippen molar-refractivity contribution in [1.82, 2.24) is 24.8 Å². The lowest BCUT2D eigenvalue weighted by atomic mass is 9.69. The molecule has 0 aromatic carbocycles. The van der Waals surface area contributed by atoms with E-state index in [0.717, 1.165) is 50.9 Å². The molecule has 3 atom stereocenters. The summed E-state index contributed by atoms with van der Waals surface area (Å²) in [5.74, 6) is 0.876. The van der Waals surface area contributed by atoms with Crippen molar-refractivity contribution in [2.45, 2.75) is 71.0 Å². The summed E-state index contributed by atoms with van der Waals surface area (Å²) in [6, 6.07) is 6.85. The van der Waals surface area contributed by atoms with Crippen LogP contribution in [-0.4, -0.2) is 73.7 Å². The van der Waals surface area contributed by atoms with E-state index in [-0.39, 0.29) is 24.3 Å². The number of nitrogens with one attached hydrogen (secondary N) is 1. The molecule has 2 bridgehead atoms. The van der Waals surface area contributed by atoms with Crippen LogP contribution in [0.1, 0.15) is 51.6 Å². The van der Waals surface area contributed by atoms with Gasteiger partial charge in [0.1, 0.15) is 0 Å². The zero-order valence-corrected chi connectivity index (χ0v) is 21.2. The third kappa shape index (κ3) is 7.87. The molecule has 10 heteroatoms. The summed E-state index contributed by atoms with van der Waals surface area (Å²) in [6.07, 6.45) is 13.8. The maximum Gasteiger partial charge on any atom is 0.290 e. The monoisotopic (exact) mass is 501 g/mol. The molecule has 2 saturated heterocycles. The van der Waals surface area contributed by atoms with E-state index in [9.17, 15) is 4.79 Å². The summed E-state index contributed by atoms with van der Waals surface area (Å²) in [4.78, 5) is 41.5. The summed E-state index contributed by atoms with van der Waals surface area (Å²) in [5, 5.41) is 17.1. The van der Waals surface area contributed by atoms with Crippen molar-refractivity contribution in [2.24, 2.45) is 11.3 Å². The van der Waals surface area contributed by atoms with E-state index in [1.54, 1.807) is 0 Å². The lowest BCUT2D eigenvalue weighted by Gasteiger charge is -2.37. The Morgan fingerprint density at radius 2 is 1.94 bits per heavy atom. The fourth-order valence-corrected chi connectivity index (χ4v) is 5.49. The van der Waals surface area contributed by atoms with Gasteiger partial charge in [0.25, 0.3) is 12.9 Å². The van der Waals surface area contributed by atoms with Crippen molar-refractivity contribution >= 4 is 18.9 Å². The van der Waals surface area contributed by atoms with E-state index in [4.69, 9.17) is 19.8 Å². The fourth-order valence-electron chi connectivity index (χ4n) is 5.49. The second-order valence-corrected chi connectivity index (χ2v) is 9.62. The number of hydrogen-bond acceptors (Lipinski definition) is 6. The predicted molar refractivity (Wildman–Crippen MR) is 135 cm³/mol. The molecule has 0 radical (unpaired) electrons. The number of imidazole rings is 1. The molecule has 2 aliphatic heterocycles. The summed E-state index contributed by atoms with van der Waals surface area (Å²) >= 11 is 0. The van der Waals surface area contributed by atoms with Gasteiger partial charge in [0.2, 0.25) is 5.91 Å². The van der Waals surface area contributed by atoms with Gasteiger partial charge in [0, 0.05) is 62.4 Å². The van der Waals surface area contributed by atoms with Crippen LogP contribution in [-0.2, 0) is 27.3 Å². The van der Waals surface area contributed by atoms with Gasteiger partial charge in [-0.05, 0) is 50.2 Å². The second-order valence-electron chi connectivity index (χ2n) is 9.62. The molecule has 2 fully saturated rings. The van der Waals surface area contributed by atoms with Crippen LogP contribution >= 0.6 is 0 Å². The molecule has 3 N–H and O–H groups in total. The largest absolute Gasteiger partial charge is 0.483 e. The molecule has 4 rings (SSSR count). The first-order chi connectivity index (χ1) is 17.4. The first-order valence-electron chi connectivity index (χ1n) is 12.5. The lowest BCUT2D eigenvalue weighted by molar-refractivity contribution is -0.133. The molecule has 2 aliphatic rings. The van der Waals surface area contributed by atoms with Crippen molar-refractivity contribution in [2.75, 3.05) is 13.1 Å². The van der Waals surface area contributed by atoms with Crippen LogP contribution in [0.2, 0.25) is 0 Å². The van der Waals surface area contributed by atoms with Gasteiger partial charge in [-0.1, -0.05) is 19.9 Å². The average Bonchev–Trinajstić information content (AvgIpc) is 3.59. The van der Waals surface area contributed by atoms with Crippen molar-refractivity contribution in [1.29, 1.82) is 0 Å². The van der Waals surface area contributed by atoms with E-state index in [1.807, 2.05) is 43.1 Å². The highest BCUT2D eigenvalue weighted by Crippen LogP contribution is 2.52. The van der Waals surface area contributed by atoms with Gasteiger partial charge in [-0.15, -0.1) is 0 Å². The topological polar surface area (TPSA) is 138 Å². The van der Waals surface area contributed by atoms with Crippen LogP contribution in [0.5, 0.6) is 0 Å². The highest BCUT2D eigenvalue weighted by molar-refractivity contribution is 5.84. The number of fused-ring (bicyclic) bond motifs is 2. The minimum Gasteiger partial charge on any atom is -0.483 e.